The van der Waals surface area contributed by atoms with Crippen LogP contribution < -0.4 is 10.2 Å². The van der Waals surface area contributed by atoms with E-state index in [2.05, 4.69) is 10.3 Å². The van der Waals surface area contributed by atoms with Gasteiger partial charge in [-0.1, -0.05) is 17.7 Å². The zero-order valence-electron chi connectivity index (χ0n) is 14.1. The number of carbonyl (C=O) groups is 2. The Morgan fingerprint density at radius 1 is 1.20 bits per heavy atom. The number of nitrogens with one attached hydrogen (secondary N) is 1. The predicted molar refractivity (Wildman–Crippen MR) is 97.3 cm³/mol. The van der Waals surface area contributed by atoms with E-state index in [1.807, 2.05) is 42.2 Å². The molecular formula is C19H18N4O2. The maximum atomic E-state index is 12.6. The Bertz CT molecular complexity index is 919. The fourth-order valence-electron chi connectivity index (χ4n) is 3.23. The summed E-state index contributed by atoms with van der Waals surface area (Å²) in [6.45, 7) is 3.38. The van der Waals surface area contributed by atoms with Gasteiger partial charge in [0.25, 0.3) is 11.8 Å². The lowest BCUT2D eigenvalue weighted by atomic mass is 10.1. The third-order valence-corrected chi connectivity index (χ3v) is 4.48. The minimum Gasteiger partial charge on any atom is -0.322 e. The molecule has 0 saturated carbocycles. The van der Waals surface area contributed by atoms with Crippen LogP contribution in [0.2, 0.25) is 0 Å². The number of hydrogen-bond acceptors (Lipinski definition) is 4. The molecule has 0 spiro atoms. The molecule has 0 atom stereocenters. The number of nitrogens with zero attached hydrogens (tertiary/aromatic N) is 3. The average molecular weight is 334 g/mol. The second-order valence-corrected chi connectivity index (χ2v) is 6.25. The Morgan fingerprint density at radius 3 is 2.84 bits per heavy atom. The van der Waals surface area contributed by atoms with E-state index in [1.54, 1.807) is 24.1 Å². The summed E-state index contributed by atoms with van der Waals surface area (Å²) in [6, 6.07) is 12.8. The van der Waals surface area contributed by atoms with E-state index in [-0.39, 0.29) is 11.8 Å². The van der Waals surface area contributed by atoms with Crippen LogP contribution >= 0.6 is 0 Å². The number of amides is 2. The maximum Gasteiger partial charge on any atom is 0.262 e. The van der Waals surface area contributed by atoms with Gasteiger partial charge in [0.05, 0.1) is 17.8 Å². The first-order valence-corrected chi connectivity index (χ1v) is 8.17. The molecule has 2 heterocycles. The fourth-order valence-corrected chi connectivity index (χ4v) is 3.23. The van der Waals surface area contributed by atoms with Crippen LogP contribution in [-0.2, 0) is 0 Å². The van der Waals surface area contributed by atoms with Crippen LogP contribution in [0, 0.1) is 6.92 Å². The van der Waals surface area contributed by atoms with Gasteiger partial charge in [-0.2, -0.15) is 0 Å². The molecule has 126 valence electrons. The van der Waals surface area contributed by atoms with E-state index in [0.717, 1.165) is 17.8 Å². The molecule has 1 N–H and O–H groups in total. The monoisotopic (exact) mass is 334 g/mol. The fraction of sp³-hybridized carbons (Fsp3) is 0.211. The van der Waals surface area contributed by atoms with Crippen LogP contribution in [0.1, 0.15) is 26.3 Å². The quantitative estimate of drug-likeness (QED) is 0.918. The molecule has 0 bridgehead atoms. The van der Waals surface area contributed by atoms with Crippen molar-refractivity contribution >= 4 is 29.1 Å². The maximum absolute atomic E-state index is 12.6. The Labute approximate surface area is 145 Å². The van der Waals surface area contributed by atoms with Crippen molar-refractivity contribution in [3.8, 4) is 0 Å². The highest BCUT2D eigenvalue weighted by atomic mass is 16.2. The molecule has 6 heteroatoms. The number of benzene rings is 2. The van der Waals surface area contributed by atoms with Crippen LogP contribution in [0.5, 0.6) is 0 Å². The van der Waals surface area contributed by atoms with Gasteiger partial charge in [-0.25, -0.2) is 0 Å². The molecular weight excluding hydrogens is 316 g/mol. The number of rotatable bonds is 2. The van der Waals surface area contributed by atoms with Gasteiger partial charge >= 0.3 is 0 Å². The van der Waals surface area contributed by atoms with E-state index in [9.17, 15) is 9.59 Å². The molecule has 0 radical (unpaired) electrons. The summed E-state index contributed by atoms with van der Waals surface area (Å²) in [5, 5.41) is 2.87. The Morgan fingerprint density at radius 2 is 2.04 bits per heavy atom. The minimum absolute atomic E-state index is 0.112. The Hall–Kier alpha value is -3.15. The summed E-state index contributed by atoms with van der Waals surface area (Å²) in [5.74, 6) is 0.385. The summed E-state index contributed by atoms with van der Waals surface area (Å²) in [5.41, 5.74) is 3.63. The number of anilines is 2. The molecule has 25 heavy (non-hydrogen) atoms. The van der Waals surface area contributed by atoms with Gasteiger partial charge in [0.2, 0.25) is 5.96 Å². The SMILES string of the molecule is Cc1cccc(C(=O)Nc2ccc3c(c2)C(=O)N(C)C2=NCCN23)c1. The largest absolute Gasteiger partial charge is 0.322 e. The van der Waals surface area contributed by atoms with Gasteiger partial charge in [0.15, 0.2) is 0 Å². The molecule has 6 nitrogen and oxygen atoms in total. The van der Waals surface area contributed by atoms with Gasteiger partial charge in [0.1, 0.15) is 0 Å². The van der Waals surface area contributed by atoms with E-state index >= 15 is 0 Å². The zero-order valence-corrected chi connectivity index (χ0v) is 14.1. The number of hydrogen-bond donors (Lipinski definition) is 1. The van der Waals surface area contributed by atoms with Crippen molar-refractivity contribution in [2.45, 2.75) is 6.92 Å². The lowest BCUT2D eigenvalue weighted by Crippen LogP contribution is -2.48. The van der Waals surface area contributed by atoms with Crippen molar-refractivity contribution in [1.82, 2.24) is 4.90 Å². The van der Waals surface area contributed by atoms with Gasteiger partial charge < -0.3 is 10.2 Å². The van der Waals surface area contributed by atoms with Gasteiger partial charge in [-0.15, -0.1) is 0 Å². The average Bonchev–Trinajstić information content (AvgIpc) is 3.09. The molecule has 0 fully saturated rings. The lowest BCUT2D eigenvalue weighted by molar-refractivity contribution is 0.0865. The van der Waals surface area contributed by atoms with Crippen molar-refractivity contribution in [1.29, 1.82) is 0 Å². The van der Waals surface area contributed by atoms with Crippen LogP contribution in [0.15, 0.2) is 47.5 Å². The smallest absolute Gasteiger partial charge is 0.262 e. The summed E-state index contributed by atoms with van der Waals surface area (Å²) in [7, 11) is 1.72. The standard InChI is InChI=1S/C19H18N4O2/c1-12-4-3-5-13(10-12)17(24)21-14-6-7-16-15(11-14)18(25)22(2)19-20-8-9-23(16)19/h3-7,10-11H,8-9H2,1-2H3,(H,21,24). The number of fused-ring (bicyclic) bond motifs is 3. The summed E-state index contributed by atoms with van der Waals surface area (Å²) >= 11 is 0. The first kappa shape index (κ1) is 15.4. The Kier molecular flexibility index (Phi) is 3.53. The van der Waals surface area contributed by atoms with Gasteiger partial charge in [-0.3, -0.25) is 19.5 Å². The van der Waals surface area contributed by atoms with E-state index in [0.29, 0.717) is 29.3 Å². The zero-order chi connectivity index (χ0) is 17.6. The predicted octanol–water partition coefficient (Wildman–Crippen LogP) is 2.51. The van der Waals surface area contributed by atoms with Gasteiger partial charge in [-0.05, 0) is 37.3 Å². The first-order valence-electron chi connectivity index (χ1n) is 8.17. The van der Waals surface area contributed by atoms with Crippen LogP contribution in [0.4, 0.5) is 11.4 Å². The third kappa shape index (κ3) is 2.55. The van der Waals surface area contributed by atoms with Crippen molar-refractivity contribution in [3.05, 3.63) is 59.2 Å². The molecule has 2 amide bonds. The molecule has 0 saturated heterocycles. The molecule has 0 aromatic heterocycles. The van der Waals surface area contributed by atoms with Crippen LogP contribution in [0.3, 0.4) is 0 Å². The molecule has 2 aromatic rings. The van der Waals surface area contributed by atoms with Crippen LogP contribution in [-0.4, -0.2) is 42.8 Å². The van der Waals surface area contributed by atoms with Crippen LogP contribution in [0.25, 0.3) is 0 Å². The van der Waals surface area contributed by atoms with E-state index < -0.39 is 0 Å². The Balaban J connectivity index is 1.65. The van der Waals surface area contributed by atoms with E-state index in [1.165, 1.54) is 0 Å². The van der Waals surface area contributed by atoms with Crippen molar-refractivity contribution in [3.63, 3.8) is 0 Å². The van der Waals surface area contributed by atoms with Crippen molar-refractivity contribution in [2.24, 2.45) is 4.99 Å². The summed E-state index contributed by atoms with van der Waals surface area (Å²) in [6.07, 6.45) is 0. The van der Waals surface area contributed by atoms with Gasteiger partial charge in [0, 0.05) is 24.8 Å². The highest BCUT2D eigenvalue weighted by Crippen LogP contribution is 2.32. The normalized spacial score (nSPS) is 15.6. The first-order chi connectivity index (χ1) is 12.0. The molecule has 2 aliphatic rings. The van der Waals surface area contributed by atoms with E-state index in [4.69, 9.17) is 0 Å². The molecule has 2 aromatic carbocycles. The summed E-state index contributed by atoms with van der Waals surface area (Å²) < 4.78 is 0. The topological polar surface area (TPSA) is 65.0 Å². The third-order valence-electron chi connectivity index (χ3n) is 4.48. The molecule has 0 aliphatic carbocycles. The highest BCUT2D eigenvalue weighted by molar-refractivity contribution is 6.19. The number of aryl methyl sites for hydroxylation is 1. The second kappa shape index (κ2) is 5.73. The minimum atomic E-state index is -0.191. The molecule has 2 aliphatic heterocycles. The number of aliphatic imine (C=N–C) groups is 1. The molecule has 4 rings (SSSR count). The number of carbonyl (C=O) groups excluding carboxylic acids is 2. The van der Waals surface area contributed by atoms with Crippen molar-refractivity contribution in [2.75, 3.05) is 30.4 Å². The molecule has 0 unspecified atom stereocenters. The second-order valence-electron chi connectivity index (χ2n) is 6.25. The number of guanidine groups is 1. The van der Waals surface area contributed by atoms with Crippen molar-refractivity contribution < 1.29 is 9.59 Å². The highest BCUT2D eigenvalue weighted by Gasteiger charge is 2.35. The lowest BCUT2D eigenvalue weighted by Gasteiger charge is -2.33. The summed E-state index contributed by atoms with van der Waals surface area (Å²) in [4.78, 5) is 33.0.